The predicted molar refractivity (Wildman–Crippen MR) is 122 cm³/mol. The van der Waals surface area contributed by atoms with Crippen molar-refractivity contribution < 1.29 is 14.3 Å². The van der Waals surface area contributed by atoms with Gasteiger partial charge in [0.1, 0.15) is 0 Å². The van der Waals surface area contributed by atoms with E-state index in [1.54, 1.807) is 0 Å². The minimum atomic E-state index is -0.685. The molecule has 2 heterocycles. The Hall–Kier alpha value is -2.21. The van der Waals surface area contributed by atoms with Crippen molar-refractivity contribution in [3.63, 3.8) is 0 Å². The van der Waals surface area contributed by atoms with Crippen LogP contribution in [0.25, 0.3) is 11.1 Å². The normalized spacial score (nSPS) is 19.2. The summed E-state index contributed by atoms with van der Waals surface area (Å²) < 4.78 is 12.5. The molecule has 2 aromatic carbocycles. The fraction of sp³-hybridized carbons (Fsp3) is 0.500. The van der Waals surface area contributed by atoms with Gasteiger partial charge < -0.3 is 19.3 Å². The molecule has 2 aromatic rings. The Balaban J connectivity index is 1.50. The zero-order valence-electron chi connectivity index (χ0n) is 19.0. The molecule has 1 amide bonds. The van der Waals surface area contributed by atoms with Crippen molar-refractivity contribution in [3.05, 3.63) is 59.7 Å². The van der Waals surface area contributed by atoms with Gasteiger partial charge in [0.2, 0.25) is 5.91 Å². The third kappa shape index (κ3) is 4.69. The Kier molecular flexibility index (Phi) is 6.75. The van der Waals surface area contributed by atoms with Crippen molar-refractivity contribution in [1.29, 1.82) is 0 Å². The monoisotopic (exact) mass is 422 g/mol. The zero-order valence-corrected chi connectivity index (χ0v) is 19.0. The van der Waals surface area contributed by atoms with Gasteiger partial charge in [0.25, 0.3) is 0 Å². The van der Waals surface area contributed by atoms with Crippen molar-refractivity contribution in [2.75, 3.05) is 40.4 Å². The molecule has 2 aliphatic rings. The molecule has 0 aromatic heterocycles. The highest BCUT2D eigenvalue weighted by Gasteiger charge is 2.47. The summed E-state index contributed by atoms with van der Waals surface area (Å²) in [6.45, 7) is 5.66. The maximum absolute atomic E-state index is 12.1. The Bertz CT molecular complexity index is 863. The Labute approximate surface area is 185 Å². The third-order valence-electron chi connectivity index (χ3n) is 6.48. The second kappa shape index (κ2) is 9.51. The Morgan fingerprint density at radius 3 is 2.03 bits per heavy atom. The Morgan fingerprint density at radius 2 is 1.52 bits per heavy atom. The average Bonchev–Trinajstić information content (AvgIpc) is 3.30. The van der Waals surface area contributed by atoms with Crippen LogP contribution in [0.2, 0.25) is 0 Å². The van der Waals surface area contributed by atoms with E-state index < -0.39 is 5.79 Å². The van der Waals surface area contributed by atoms with Crippen molar-refractivity contribution in [2.45, 2.75) is 38.5 Å². The van der Waals surface area contributed by atoms with E-state index in [1.165, 1.54) is 16.7 Å². The van der Waals surface area contributed by atoms with Crippen LogP contribution < -0.4 is 0 Å². The number of amides is 1. The first-order chi connectivity index (χ1) is 15.0. The van der Waals surface area contributed by atoms with Gasteiger partial charge in [-0.1, -0.05) is 55.5 Å². The summed E-state index contributed by atoms with van der Waals surface area (Å²) in [6.07, 6.45) is 2.38. The molecule has 0 atom stereocenters. The fourth-order valence-electron chi connectivity index (χ4n) is 4.86. The van der Waals surface area contributed by atoms with Crippen LogP contribution in [0.1, 0.15) is 37.3 Å². The van der Waals surface area contributed by atoms with Crippen LogP contribution in [0.15, 0.2) is 48.5 Å². The summed E-state index contributed by atoms with van der Waals surface area (Å²) in [7, 11) is 4.17. The molecule has 166 valence electrons. The molecule has 0 aliphatic carbocycles. The topological polar surface area (TPSA) is 42.0 Å². The number of likely N-dealkylation sites (tertiary alicyclic amines) is 1. The molecule has 0 N–H and O–H groups in total. The van der Waals surface area contributed by atoms with Crippen LogP contribution in [0.3, 0.4) is 0 Å². The molecule has 4 rings (SSSR count). The maximum atomic E-state index is 12.1. The summed E-state index contributed by atoms with van der Waals surface area (Å²) in [5.41, 5.74) is 4.79. The summed E-state index contributed by atoms with van der Waals surface area (Å²) in [6, 6.07) is 17.4. The lowest BCUT2D eigenvalue weighted by atomic mass is 9.83. The first-order valence-electron chi connectivity index (χ1n) is 11.4. The van der Waals surface area contributed by atoms with Gasteiger partial charge in [0.05, 0.1) is 13.2 Å². The number of benzene rings is 2. The molecule has 0 saturated carbocycles. The van der Waals surface area contributed by atoms with Crippen LogP contribution in [0.4, 0.5) is 0 Å². The van der Waals surface area contributed by atoms with Gasteiger partial charge in [-0.3, -0.25) is 4.79 Å². The highest BCUT2D eigenvalue weighted by Crippen LogP contribution is 2.44. The first-order valence-corrected chi connectivity index (χ1v) is 11.4. The van der Waals surface area contributed by atoms with E-state index in [0.29, 0.717) is 19.6 Å². The number of rotatable bonds is 6. The molecule has 2 fully saturated rings. The highest BCUT2D eigenvalue weighted by molar-refractivity contribution is 5.75. The van der Waals surface area contributed by atoms with Gasteiger partial charge >= 0.3 is 0 Å². The average molecular weight is 423 g/mol. The summed E-state index contributed by atoms with van der Waals surface area (Å²) in [5, 5.41) is 0. The number of ether oxygens (including phenoxy) is 2. The van der Waals surface area contributed by atoms with E-state index in [-0.39, 0.29) is 11.8 Å². The lowest BCUT2D eigenvalue weighted by molar-refractivity contribution is -0.214. The first kappa shape index (κ1) is 22.0. The molecule has 0 spiro atoms. The largest absolute Gasteiger partial charge is 0.343 e. The quantitative estimate of drug-likeness (QED) is 0.697. The minimum absolute atomic E-state index is 0.238. The SMILES string of the molecule is CCC(=O)N1CCC(C2(c3ccc(-c4ccc(CN(C)C)cc4)cc3)OCCO2)CC1. The smallest absolute Gasteiger partial charge is 0.222 e. The summed E-state index contributed by atoms with van der Waals surface area (Å²) in [4.78, 5) is 16.2. The minimum Gasteiger partial charge on any atom is -0.343 e. The van der Waals surface area contributed by atoms with E-state index in [0.717, 1.165) is 38.0 Å². The fourth-order valence-corrected chi connectivity index (χ4v) is 4.86. The van der Waals surface area contributed by atoms with Crippen LogP contribution in [0, 0.1) is 5.92 Å². The van der Waals surface area contributed by atoms with Crippen molar-refractivity contribution >= 4 is 5.91 Å². The molecule has 5 heteroatoms. The molecule has 2 aliphatic heterocycles. The van der Waals surface area contributed by atoms with Crippen molar-refractivity contribution in [3.8, 4) is 11.1 Å². The zero-order chi connectivity index (χ0) is 21.8. The van der Waals surface area contributed by atoms with Crippen LogP contribution >= 0.6 is 0 Å². The highest BCUT2D eigenvalue weighted by atomic mass is 16.7. The van der Waals surface area contributed by atoms with Crippen LogP contribution in [-0.4, -0.2) is 56.1 Å². The van der Waals surface area contributed by atoms with E-state index in [4.69, 9.17) is 9.47 Å². The molecular formula is C26H34N2O3. The second-order valence-corrected chi connectivity index (χ2v) is 8.89. The lowest BCUT2D eigenvalue weighted by Crippen LogP contribution is -2.45. The molecule has 5 nitrogen and oxygen atoms in total. The second-order valence-electron chi connectivity index (χ2n) is 8.89. The summed E-state index contributed by atoms with van der Waals surface area (Å²) >= 11 is 0. The standard InChI is InChI=1S/C26H34N2O3/c1-4-25(29)28-15-13-24(14-16-28)26(30-17-18-31-26)23-11-9-22(10-12-23)21-7-5-20(6-8-21)19-27(2)3/h5-12,24H,4,13-19H2,1-3H3. The van der Waals surface area contributed by atoms with Gasteiger partial charge in [-0.15, -0.1) is 0 Å². The number of hydrogen-bond donors (Lipinski definition) is 0. The number of nitrogens with zero attached hydrogens (tertiary/aromatic N) is 2. The summed E-state index contributed by atoms with van der Waals surface area (Å²) in [5.74, 6) is -0.191. The molecular weight excluding hydrogens is 388 g/mol. The molecule has 0 radical (unpaired) electrons. The van der Waals surface area contributed by atoms with Crippen LogP contribution in [-0.2, 0) is 26.6 Å². The number of piperidine rings is 1. The van der Waals surface area contributed by atoms with Gasteiger partial charge in [0.15, 0.2) is 5.79 Å². The molecule has 2 saturated heterocycles. The van der Waals surface area contributed by atoms with Gasteiger partial charge in [-0.05, 0) is 43.6 Å². The van der Waals surface area contributed by atoms with E-state index in [9.17, 15) is 4.79 Å². The van der Waals surface area contributed by atoms with Gasteiger partial charge in [-0.2, -0.15) is 0 Å². The lowest BCUT2D eigenvalue weighted by Gasteiger charge is -2.41. The van der Waals surface area contributed by atoms with E-state index >= 15 is 0 Å². The molecule has 0 unspecified atom stereocenters. The van der Waals surface area contributed by atoms with Crippen molar-refractivity contribution in [2.24, 2.45) is 5.92 Å². The molecule has 31 heavy (non-hydrogen) atoms. The van der Waals surface area contributed by atoms with E-state index in [2.05, 4.69) is 67.5 Å². The predicted octanol–water partition coefficient (Wildman–Crippen LogP) is 4.26. The number of carbonyl (C=O) groups excluding carboxylic acids is 1. The Morgan fingerprint density at radius 1 is 0.968 bits per heavy atom. The van der Waals surface area contributed by atoms with Gasteiger partial charge in [-0.25, -0.2) is 0 Å². The van der Waals surface area contributed by atoms with Gasteiger partial charge in [0, 0.05) is 37.5 Å². The van der Waals surface area contributed by atoms with Crippen LogP contribution in [0.5, 0.6) is 0 Å². The van der Waals surface area contributed by atoms with E-state index in [1.807, 2.05) is 11.8 Å². The molecule has 0 bridgehead atoms. The number of hydrogen-bond acceptors (Lipinski definition) is 4. The number of carbonyl (C=O) groups is 1. The third-order valence-corrected chi connectivity index (χ3v) is 6.48. The van der Waals surface area contributed by atoms with Crippen molar-refractivity contribution in [1.82, 2.24) is 9.80 Å². The maximum Gasteiger partial charge on any atom is 0.222 e.